The first-order chi connectivity index (χ1) is 10.3. The summed E-state index contributed by atoms with van der Waals surface area (Å²) in [7, 11) is 0. The van der Waals surface area contributed by atoms with Gasteiger partial charge in [-0.3, -0.25) is 0 Å². The Morgan fingerprint density at radius 2 is 1.67 bits per heavy atom. The van der Waals surface area contributed by atoms with Crippen molar-refractivity contribution in [3.05, 3.63) is 35.6 Å². The zero-order chi connectivity index (χ0) is 14.7. The highest BCUT2D eigenvalue weighted by atomic mass is 19.1. The summed E-state index contributed by atoms with van der Waals surface area (Å²) in [6.45, 7) is 2.31. The summed E-state index contributed by atoms with van der Waals surface area (Å²) >= 11 is 0. The molecule has 0 aliphatic heterocycles. The summed E-state index contributed by atoms with van der Waals surface area (Å²) in [5.41, 5.74) is 1.36. The first kappa shape index (κ1) is 15.1. The van der Waals surface area contributed by atoms with E-state index in [1.807, 2.05) is 12.1 Å². The van der Waals surface area contributed by atoms with Crippen molar-refractivity contribution < 1.29 is 4.39 Å². The molecule has 1 aromatic rings. The van der Waals surface area contributed by atoms with Crippen molar-refractivity contribution in [2.75, 3.05) is 0 Å². The molecule has 0 saturated heterocycles. The molecule has 1 heteroatoms. The average Bonchev–Trinajstić information content (AvgIpc) is 2.53. The highest BCUT2D eigenvalue weighted by Gasteiger charge is 2.35. The van der Waals surface area contributed by atoms with E-state index in [2.05, 4.69) is 6.92 Å². The summed E-state index contributed by atoms with van der Waals surface area (Å²) < 4.78 is 13.1. The molecule has 4 unspecified atom stereocenters. The second kappa shape index (κ2) is 6.94. The van der Waals surface area contributed by atoms with Gasteiger partial charge in [-0.1, -0.05) is 44.7 Å². The third kappa shape index (κ3) is 3.67. The lowest BCUT2D eigenvalue weighted by atomic mass is 9.63. The van der Waals surface area contributed by atoms with Crippen molar-refractivity contribution in [1.29, 1.82) is 0 Å². The molecule has 0 spiro atoms. The Morgan fingerprint density at radius 1 is 0.952 bits per heavy atom. The number of fused-ring (bicyclic) bond motifs is 1. The molecule has 0 amide bonds. The van der Waals surface area contributed by atoms with Gasteiger partial charge in [-0.15, -0.1) is 0 Å². The van der Waals surface area contributed by atoms with Crippen LogP contribution in [0.15, 0.2) is 24.3 Å². The van der Waals surface area contributed by atoms with Gasteiger partial charge in [0.1, 0.15) is 5.82 Å². The van der Waals surface area contributed by atoms with Crippen molar-refractivity contribution >= 4 is 0 Å². The van der Waals surface area contributed by atoms with Gasteiger partial charge in [0.2, 0.25) is 0 Å². The van der Waals surface area contributed by atoms with Crippen molar-refractivity contribution in [1.82, 2.24) is 0 Å². The fraction of sp³-hybridized carbons (Fsp3) is 0.700. The van der Waals surface area contributed by atoms with E-state index in [4.69, 9.17) is 0 Å². The highest BCUT2D eigenvalue weighted by Crippen LogP contribution is 2.48. The summed E-state index contributed by atoms with van der Waals surface area (Å²) in [5.74, 6) is 3.50. The molecule has 2 aliphatic rings. The van der Waals surface area contributed by atoms with Crippen LogP contribution < -0.4 is 0 Å². The Balaban J connectivity index is 1.56. The van der Waals surface area contributed by atoms with E-state index in [1.165, 1.54) is 63.4 Å². The fourth-order valence-corrected chi connectivity index (χ4v) is 4.78. The molecule has 2 aliphatic carbocycles. The van der Waals surface area contributed by atoms with Gasteiger partial charge in [0.15, 0.2) is 0 Å². The molecule has 1 aromatic carbocycles. The number of benzene rings is 1. The van der Waals surface area contributed by atoms with E-state index in [1.54, 1.807) is 12.1 Å². The zero-order valence-corrected chi connectivity index (χ0v) is 13.4. The minimum absolute atomic E-state index is 0.108. The number of rotatable bonds is 4. The van der Waals surface area contributed by atoms with Crippen LogP contribution in [-0.4, -0.2) is 0 Å². The largest absolute Gasteiger partial charge is 0.207 e. The lowest BCUT2D eigenvalue weighted by Crippen LogP contribution is -2.30. The summed E-state index contributed by atoms with van der Waals surface area (Å²) in [5, 5.41) is 0. The van der Waals surface area contributed by atoms with E-state index in [0.29, 0.717) is 5.92 Å². The van der Waals surface area contributed by atoms with Gasteiger partial charge in [0.25, 0.3) is 0 Å². The molecule has 4 atom stereocenters. The van der Waals surface area contributed by atoms with E-state index < -0.39 is 0 Å². The molecule has 0 radical (unpaired) electrons. The Morgan fingerprint density at radius 3 is 2.43 bits per heavy atom. The maximum atomic E-state index is 13.1. The van der Waals surface area contributed by atoms with Crippen LogP contribution in [0.25, 0.3) is 0 Å². The summed E-state index contributed by atoms with van der Waals surface area (Å²) in [6.07, 6.45) is 12.7. The van der Waals surface area contributed by atoms with Crippen molar-refractivity contribution in [3.8, 4) is 0 Å². The van der Waals surface area contributed by atoms with Gasteiger partial charge in [0, 0.05) is 0 Å². The predicted octanol–water partition coefficient (Wildman–Crippen LogP) is 6.32. The molecule has 116 valence electrons. The van der Waals surface area contributed by atoms with Crippen LogP contribution in [0.5, 0.6) is 0 Å². The Kier molecular flexibility index (Phi) is 4.98. The van der Waals surface area contributed by atoms with Gasteiger partial charge in [-0.25, -0.2) is 4.39 Å². The van der Waals surface area contributed by atoms with Gasteiger partial charge >= 0.3 is 0 Å². The van der Waals surface area contributed by atoms with Crippen LogP contribution in [-0.2, 0) is 0 Å². The zero-order valence-electron chi connectivity index (χ0n) is 13.4. The molecule has 0 heterocycles. The SMILES string of the molecule is CCCCC1CCC2CC(c3ccc(F)cc3)CCC2C1. The molecule has 2 saturated carbocycles. The van der Waals surface area contributed by atoms with E-state index >= 15 is 0 Å². The normalized spacial score (nSPS) is 32.7. The quantitative estimate of drug-likeness (QED) is 0.608. The number of unbranched alkanes of at least 4 members (excludes halogenated alkanes) is 1. The van der Waals surface area contributed by atoms with Gasteiger partial charge < -0.3 is 0 Å². The minimum Gasteiger partial charge on any atom is -0.207 e. The second-order valence-electron chi connectivity index (χ2n) is 7.40. The number of hydrogen-bond donors (Lipinski definition) is 0. The molecule has 0 nitrogen and oxygen atoms in total. The lowest BCUT2D eigenvalue weighted by Gasteiger charge is -2.42. The molecule has 21 heavy (non-hydrogen) atoms. The first-order valence-corrected chi connectivity index (χ1v) is 9.01. The fourth-order valence-electron chi connectivity index (χ4n) is 4.78. The number of halogens is 1. The smallest absolute Gasteiger partial charge is 0.123 e. The van der Waals surface area contributed by atoms with Crippen molar-refractivity contribution in [2.24, 2.45) is 17.8 Å². The molecule has 0 aromatic heterocycles. The third-order valence-corrected chi connectivity index (χ3v) is 6.03. The summed E-state index contributed by atoms with van der Waals surface area (Å²) in [4.78, 5) is 0. The van der Waals surface area contributed by atoms with Crippen LogP contribution in [0.4, 0.5) is 4.39 Å². The van der Waals surface area contributed by atoms with Gasteiger partial charge in [0.05, 0.1) is 0 Å². The van der Waals surface area contributed by atoms with Crippen LogP contribution in [0.1, 0.15) is 76.2 Å². The lowest BCUT2D eigenvalue weighted by molar-refractivity contribution is 0.113. The van der Waals surface area contributed by atoms with Gasteiger partial charge in [-0.05, 0) is 73.5 Å². The molecule has 0 N–H and O–H groups in total. The maximum absolute atomic E-state index is 13.1. The molecule has 0 bridgehead atoms. The maximum Gasteiger partial charge on any atom is 0.123 e. The van der Waals surface area contributed by atoms with Gasteiger partial charge in [-0.2, -0.15) is 0 Å². The number of hydrogen-bond acceptors (Lipinski definition) is 0. The van der Waals surface area contributed by atoms with Crippen LogP contribution in [0.3, 0.4) is 0 Å². The predicted molar refractivity (Wildman–Crippen MR) is 86.8 cm³/mol. The first-order valence-electron chi connectivity index (χ1n) is 9.01. The van der Waals surface area contributed by atoms with Crippen molar-refractivity contribution in [2.45, 2.75) is 70.6 Å². The second-order valence-corrected chi connectivity index (χ2v) is 7.40. The Bertz CT molecular complexity index is 436. The molecular weight excluding hydrogens is 259 g/mol. The molecule has 2 fully saturated rings. The molecular formula is C20H29F. The van der Waals surface area contributed by atoms with E-state index in [9.17, 15) is 4.39 Å². The molecule has 3 rings (SSSR count). The third-order valence-electron chi connectivity index (χ3n) is 6.03. The average molecular weight is 288 g/mol. The monoisotopic (exact) mass is 288 g/mol. The summed E-state index contributed by atoms with van der Waals surface area (Å²) in [6, 6.07) is 7.27. The Hall–Kier alpha value is -0.850. The highest BCUT2D eigenvalue weighted by molar-refractivity contribution is 5.21. The topological polar surface area (TPSA) is 0 Å². The van der Waals surface area contributed by atoms with Crippen LogP contribution in [0.2, 0.25) is 0 Å². The van der Waals surface area contributed by atoms with Crippen LogP contribution >= 0.6 is 0 Å². The van der Waals surface area contributed by atoms with E-state index in [0.717, 1.165) is 17.8 Å². The Labute approximate surface area is 129 Å². The standard InChI is InChI=1S/C20H29F/c1-2-3-4-15-5-6-19-14-18(8-7-17(19)13-15)16-9-11-20(21)12-10-16/h9-12,15,17-19H,2-8,13-14H2,1H3. The minimum atomic E-state index is -0.108. The van der Waals surface area contributed by atoms with Crippen LogP contribution in [0, 0.1) is 23.6 Å². The van der Waals surface area contributed by atoms with Crippen molar-refractivity contribution in [3.63, 3.8) is 0 Å². The van der Waals surface area contributed by atoms with E-state index in [-0.39, 0.29) is 5.82 Å².